The monoisotopic (exact) mass is 337 g/mol. The topological polar surface area (TPSA) is 62.6 Å². The number of urea groups is 1. The van der Waals surface area contributed by atoms with E-state index in [1.54, 1.807) is 0 Å². The first kappa shape index (κ1) is 18.7. The molecule has 24 heavy (non-hydrogen) atoms. The smallest absolute Gasteiger partial charge is 0.323 e. The van der Waals surface area contributed by atoms with E-state index in [4.69, 9.17) is 4.74 Å². The van der Waals surface area contributed by atoms with Crippen molar-refractivity contribution >= 4 is 11.8 Å². The summed E-state index contributed by atoms with van der Waals surface area (Å²) >= 11 is 0. The third kappa shape index (κ3) is 6.13. The molecule has 1 N–H and O–H groups in total. The van der Waals surface area contributed by atoms with E-state index in [-0.39, 0.29) is 12.1 Å². The molecule has 2 amide bonds. The van der Waals surface area contributed by atoms with Crippen LogP contribution in [0.15, 0.2) is 12.3 Å². The summed E-state index contributed by atoms with van der Waals surface area (Å²) in [5.41, 5.74) is 0. The zero-order valence-corrected chi connectivity index (χ0v) is 15.2. The van der Waals surface area contributed by atoms with Crippen LogP contribution in [0, 0.1) is 0 Å². The number of carbonyl (C=O) groups excluding carboxylic acids is 1. The molecule has 1 fully saturated rings. The normalized spacial score (nSPS) is 18.7. The third-order valence-corrected chi connectivity index (χ3v) is 4.17. The molecule has 0 aromatic carbocycles. The molecular weight excluding hydrogens is 306 g/mol. The molecule has 0 saturated carbocycles. The van der Waals surface area contributed by atoms with Crippen molar-refractivity contribution in [3.63, 3.8) is 0 Å². The molecular formula is C17H31N5O2. The Labute approximate surface area is 144 Å². The predicted octanol–water partition coefficient (Wildman–Crippen LogP) is 2.26. The van der Waals surface area contributed by atoms with Crippen LogP contribution in [0.5, 0.6) is 0 Å². The van der Waals surface area contributed by atoms with Crippen LogP contribution in [0.1, 0.15) is 32.6 Å². The van der Waals surface area contributed by atoms with Crippen LogP contribution in [0.25, 0.3) is 0 Å². The van der Waals surface area contributed by atoms with E-state index in [9.17, 15) is 4.79 Å². The highest BCUT2D eigenvalue weighted by Gasteiger charge is 2.21. The summed E-state index contributed by atoms with van der Waals surface area (Å²) in [5, 5.41) is 7.31. The molecule has 2 heterocycles. The SMILES string of the molecule is CCCO[C@H]1CCCN(C(=O)Nc2ccn(CCN(C)C)n2)CC1. The molecule has 0 unspecified atom stereocenters. The van der Waals surface area contributed by atoms with Gasteiger partial charge in [-0.3, -0.25) is 10.00 Å². The Morgan fingerprint density at radius 3 is 3.00 bits per heavy atom. The molecule has 1 atom stereocenters. The molecule has 0 bridgehead atoms. The van der Waals surface area contributed by atoms with Gasteiger partial charge in [0.1, 0.15) is 0 Å². The molecule has 136 valence electrons. The molecule has 1 aliphatic heterocycles. The van der Waals surface area contributed by atoms with Gasteiger partial charge in [-0.25, -0.2) is 4.79 Å². The second-order valence-corrected chi connectivity index (χ2v) is 6.61. The van der Waals surface area contributed by atoms with E-state index in [0.29, 0.717) is 5.82 Å². The Morgan fingerprint density at radius 1 is 1.42 bits per heavy atom. The molecule has 1 saturated heterocycles. The first-order valence-electron chi connectivity index (χ1n) is 8.94. The van der Waals surface area contributed by atoms with E-state index >= 15 is 0 Å². The maximum Gasteiger partial charge on any atom is 0.323 e. The van der Waals surface area contributed by atoms with Gasteiger partial charge < -0.3 is 14.5 Å². The number of carbonyl (C=O) groups is 1. The van der Waals surface area contributed by atoms with Gasteiger partial charge in [0.15, 0.2) is 5.82 Å². The number of aromatic nitrogens is 2. The fraction of sp³-hybridized carbons (Fsp3) is 0.765. The second kappa shape index (κ2) is 9.64. The first-order chi connectivity index (χ1) is 11.6. The van der Waals surface area contributed by atoms with Crippen LogP contribution in [0.4, 0.5) is 10.6 Å². The average molecular weight is 337 g/mol. The molecule has 0 spiro atoms. The maximum atomic E-state index is 12.4. The quantitative estimate of drug-likeness (QED) is 0.829. The number of hydrogen-bond acceptors (Lipinski definition) is 4. The minimum atomic E-state index is -0.0657. The largest absolute Gasteiger partial charge is 0.378 e. The number of anilines is 1. The zero-order valence-electron chi connectivity index (χ0n) is 15.2. The van der Waals surface area contributed by atoms with E-state index in [2.05, 4.69) is 22.2 Å². The van der Waals surface area contributed by atoms with Gasteiger partial charge in [0.2, 0.25) is 0 Å². The number of likely N-dealkylation sites (N-methyl/N-ethyl adjacent to an activating group) is 1. The Balaban J connectivity index is 1.79. The van der Waals surface area contributed by atoms with Gasteiger partial charge in [-0.05, 0) is 39.8 Å². The lowest BCUT2D eigenvalue weighted by molar-refractivity contribution is 0.0446. The van der Waals surface area contributed by atoms with Gasteiger partial charge in [0.05, 0.1) is 12.6 Å². The van der Waals surface area contributed by atoms with E-state index in [0.717, 1.165) is 58.5 Å². The van der Waals surface area contributed by atoms with Crippen LogP contribution < -0.4 is 5.32 Å². The number of amides is 2. The number of rotatable bonds is 7. The van der Waals surface area contributed by atoms with Crippen molar-refractivity contribution in [3.8, 4) is 0 Å². The summed E-state index contributed by atoms with van der Waals surface area (Å²) < 4.78 is 7.68. The Kier molecular flexibility index (Phi) is 7.52. The summed E-state index contributed by atoms with van der Waals surface area (Å²) in [6.45, 7) is 6.17. The van der Waals surface area contributed by atoms with Crippen LogP contribution >= 0.6 is 0 Å². The number of ether oxygens (including phenoxy) is 1. The van der Waals surface area contributed by atoms with Crippen molar-refractivity contribution in [3.05, 3.63) is 12.3 Å². The molecule has 1 aliphatic rings. The summed E-state index contributed by atoms with van der Waals surface area (Å²) in [6.07, 6.45) is 6.15. The zero-order chi connectivity index (χ0) is 17.4. The molecule has 0 radical (unpaired) electrons. The molecule has 7 nitrogen and oxygen atoms in total. The van der Waals surface area contributed by atoms with E-state index < -0.39 is 0 Å². The van der Waals surface area contributed by atoms with Gasteiger partial charge in [0, 0.05) is 38.5 Å². The summed E-state index contributed by atoms with van der Waals surface area (Å²) in [6, 6.07) is 1.78. The summed E-state index contributed by atoms with van der Waals surface area (Å²) in [4.78, 5) is 16.4. The fourth-order valence-electron chi connectivity index (χ4n) is 2.76. The van der Waals surface area contributed by atoms with Gasteiger partial charge in [-0.2, -0.15) is 5.10 Å². The molecule has 2 rings (SSSR count). The van der Waals surface area contributed by atoms with Crippen molar-refractivity contribution in [2.24, 2.45) is 0 Å². The molecule has 7 heteroatoms. The maximum absolute atomic E-state index is 12.4. The molecule has 1 aromatic heterocycles. The van der Waals surface area contributed by atoms with Crippen molar-refractivity contribution in [2.75, 3.05) is 45.7 Å². The highest BCUT2D eigenvalue weighted by atomic mass is 16.5. The van der Waals surface area contributed by atoms with E-state index in [1.807, 2.05) is 35.9 Å². The lowest BCUT2D eigenvalue weighted by Gasteiger charge is -2.20. The number of hydrogen-bond donors (Lipinski definition) is 1. The van der Waals surface area contributed by atoms with Crippen LogP contribution in [-0.4, -0.2) is 72.1 Å². The van der Waals surface area contributed by atoms with Gasteiger partial charge in [-0.1, -0.05) is 6.92 Å². The predicted molar refractivity (Wildman–Crippen MR) is 95.3 cm³/mol. The molecule has 0 aliphatic carbocycles. The van der Waals surface area contributed by atoms with Crippen molar-refractivity contribution in [1.82, 2.24) is 19.6 Å². The second-order valence-electron chi connectivity index (χ2n) is 6.61. The average Bonchev–Trinajstić information content (AvgIpc) is 2.86. The minimum absolute atomic E-state index is 0.0657. The third-order valence-electron chi connectivity index (χ3n) is 4.17. The van der Waals surface area contributed by atoms with Crippen LogP contribution in [-0.2, 0) is 11.3 Å². The number of likely N-dealkylation sites (tertiary alicyclic amines) is 1. The van der Waals surface area contributed by atoms with Crippen molar-refractivity contribution in [2.45, 2.75) is 45.3 Å². The highest BCUT2D eigenvalue weighted by molar-refractivity contribution is 5.88. The number of nitrogens with zero attached hydrogens (tertiary/aromatic N) is 4. The lowest BCUT2D eigenvalue weighted by atomic mass is 10.2. The standard InChI is InChI=1S/C17H31N5O2/c1-4-14-24-15-6-5-9-21(10-7-15)17(23)18-16-8-11-22(19-16)13-12-20(2)3/h8,11,15H,4-7,9-10,12-14H2,1-3H3,(H,18,19,23)/t15-/m0/s1. The highest BCUT2D eigenvalue weighted by Crippen LogP contribution is 2.15. The van der Waals surface area contributed by atoms with Gasteiger partial charge in [-0.15, -0.1) is 0 Å². The minimum Gasteiger partial charge on any atom is -0.378 e. The number of nitrogens with one attached hydrogen (secondary N) is 1. The lowest BCUT2D eigenvalue weighted by Crippen LogP contribution is -2.36. The van der Waals surface area contributed by atoms with Crippen molar-refractivity contribution in [1.29, 1.82) is 0 Å². The Bertz CT molecular complexity index is 503. The van der Waals surface area contributed by atoms with Crippen molar-refractivity contribution < 1.29 is 9.53 Å². The first-order valence-corrected chi connectivity index (χ1v) is 8.94. The van der Waals surface area contributed by atoms with Crippen LogP contribution in [0.2, 0.25) is 0 Å². The summed E-state index contributed by atoms with van der Waals surface area (Å²) in [7, 11) is 4.06. The molecule has 1 aromatic rings. The van der Waals surface area contributed by atoms with Crippen LogP contribution in [0.3, 0.4) is 0 Å². The summed E-state index contributed by atoms with van der Waals surface area (Å²) in [5.74, 6) is 0.613. The van der Waals surface area contributed by atoms with Gasteiger partial charge >= 0.3 is 6.03 Å². The van der Waals surface area contributed by atoms with E-state index in [1.165, 1.54) is 0 Å². The fourth-order valence-corrected chi connectivity index (χ4v) is 2.76. The van der Waals surface area contributed by atoms with Gasteiger partial charge in [0.25, 0.3) is 0 Å². The Morgan fingerprint density at radius 2 is 2.25 bits per heavy atom. The Hall–Kier alpha value is -1.60.